The van der Waals surface area contributed by atoms with E-state index in [2.05, 4.69) is 56.1 Å². The fourth-order valence-electron chi connectivity index (χ4n) is 1.55. The molecule has 2 heteroatoms. The highest BCUT2D eigenvalue weighted by molar-refractivity contribution is 7.80. The van der Waals surface area contributed by atoms with Gasteiger partial charge < -0.3 is 0 Å². The molecule has 1 aromatic carbocycles. The highest BCUT2D eigenvalue weighted by Gasteiger charge is 2.21. The first-order valence-corrected chi connectivity index (χ1v) is 8.67. The Morgan fingerprint density at radius 1 is 1.15 bits per heavy atom. The molecule has 0 bridgehead atoms. The Bertz CT molecular complexity index is 244. The monoisotopic (exact) mass is 210 g/mol. The van der Waals surface area contributed by atoms with Crippen LogP contribution in [0.4, 0.5) is 0 Å². The fourth-order valence-corrected chi connectivity index (χ4v) is 4.45. The maximum Gasteiger partial charge on any atom is 0.0806 e. The molecule has 0 saturated carbocycles. The van der Waals surface area contributed by atoms with Crippen molar-refractivity contribution in [3.8, 4) is 0 Å². The van der Waals surface area contributed by atoms with Crippen molar-refractivity contribution in [1.82, 2.24) is 0 Å². The van der Waals surface area contributed by atoms with Crippen LogP contribution in [0.1, 0.15) is 6.42 Å². The standard InChI is InChI=1S/C11H18SSi/c1-13(2,10-6-9-12)11-7-4-3-5-8-11/h3-5,7-8,12H,6,9-10H2,1-2H3. The fraction of sp³-hybridized carbons (Fsp3) is 0.455. The summed E-state index contributed by atoms with van der Waals surface area (Å²) in [6.45, 7) is 4.87. The molecule has 0 fully saturated rings. The molecule has 1 rings (SSSR count). The summed E-state index contributed by atoms with van der Waals surface area (Å²) in [5.41, 5.74) is 0. The van der Waals surface area contributed by atoms with E-state index in [1.807, 2.05) is 0 Å². The zero-order valence-electron chi connectivity index (χ0n) is 8.46. The quantitative estimate of drug-likeness (QED) is 0.573. The molecule has 1 aromatic rings. The van der Waals surface area contributed by atoms with Gasteiger partial charge in [-0.15, -0.1) is 0 Å². The van der Waals surface area contributed by atoms with Crippen LogP contribution in [0.25, 0.3) is 0 Å². The zero-order chi connectivity index (χ0) is 9.73. The predicted octanol–water partition coefficient (Wildman–Crippen LogP) is 2.92. The average molecular weight is 210 g/mol. The van der Waals surface area contributed by atoms with Gasteiger partial charge in [0.25, 0.3) is 0 Å². The van der Waals surface area contributed by atoms with Crippen LogP contribution in [0.5, 0.6) is 0 Å². The molecular formula is C11H18SSi. The summed E-state index contributed by atoms with van der Waals surface area (Å²) < 4.78 is 0. The summed E-state index contributed by atoms with van der Waals surface area (Å²) in [6, 6.07) is 12.3. The molecule has 0 heterocycles. The van der Waals surface area contributed by atoms with Gasteiger partial charge in [-0.3, -0.25) is 0 Å². The van der Waals surface area contributed by atoms with Crippen molar-refractivity contribution in [2.75, 3.05) is 5.75 Å². The molecule has 0 nitrogen and oxygen atoms in total. The van der Waals surface area contributed by atoms with Crippen molar-refractivity contribution in [3.63, 3.8) is 0 Å². The zero-order valence-corrected chi connectivity index (χ0v) is 10.3. The van der Waals surface area contributed by atoms with E-state index >= 15 is 0 Å². The van der Waals surface area contributed by atoms with Crippen LogP contribution in [-0.2, 0) is 0 Å². The number of hydrogen-bond donors (Lipinski definition) is 1. The maximum absolute atomic E-state index is 4.27. The Hall–Kier alpha value is -0.213. The van der Waals surface area contributed by atoms with Crippen molar-refractivity contribution < 1.29 is 0 Å². The van der Waals surface area contributed by atoms with Crippen LogP contribution in [0.2, 0.25) is 19.1 Å². The van der Waals surface area contributed by atoms with Gasteiger partial charge in [0.05, 0.1) is 8.07 Å². The van der Waals surface area contributed by atoms with Gasteiger partial charge in [-0.2, -0.15) is 12.6 Å². The summed E-state index contributed by atoms with van der Waals surface area (Å²) in [6.07, 6.45) is 1.25. The van der Waals surface area contributed by atoms with Crippen molar-refractivity contribution in [2.45, 2.75) is 25.6 Å². The lowest BCUT2D eigenvalue weighted by molar-refractivity contribution is 1.07. The third kappa shape index (κ3) is 3.20. The number of hydrogen-bond acceptors (Lipinski definition) is 1. The molecule has 0 saturated heterocycles. The second-order valence-electron chi connectivity index (χ2n) is 4.08. The minimum absolute atomic E-state index is 1.02. The largest absolute Gasteiger partial charge is 0.179 e. The molecule has 0 unspecified atom stereocenters. The lowest BCUT2D eigenvalue weighted by atomic mass is 10.4. The topological polar surface area (TPSA) is 0 Å². The van der Waals surface area contributed by atoms with E-state index in [9.17, 15) is 0 Å². The van der Waals surface area contributed by atoms with Crippen molar-refractivity contribution in [3.05, 3.63) is 30.3 Å². The van der Waals surface area contributed by atoms with E-state index in [1.165, 1.54) is 12.5 Å². The molecule has 0 atom stereocenters. The van der Waals surface area contributed by atoms with Crippen LogP contribution in [0, 0.1) is 0 Å². The highest BCUT2D eigenvalue weighted by atomic mass is 32.1. The van der Waals surface area contributed by atoms with E-state index in [4.69, 9.17) is 0 Å². The second kappa shape index (κ2) is 4.87. The van der Waals surface area contributed by atoms with Gasteiger partial charge in [0.1, 0.15) is 0 Å². The van der Waals surface area contributed by atoms with Crippen LogP contribution in [0.15, 0.2) is 30.3 Å². The SMILES string of the molecule is C[Si](C)(CCCS)c1ccccc1. The number of benzene rings is 1. The lowest BCUT2D eigenvalue weighted by Crippen LogP contribution is -2.40. The smallest absolute Gasteiger partial charge is 0.0806 e. The minimum atomic E-state index is -1.15. The molecule has 13 heavy (non-hydrogen) atoms. The first-order valence-electron chi connectivity index (χ1n) is 4.83. The normalized spacial score (nSPS) is 11.6. The van der Waals surface area contributed by atoms with E-state index in [0.717, 1.165) is 5.75 Å². The minimum Gasteiger partial charge on any atom is -0.179 e. The van der Waals surface area contributed by atoms with Crippen molar-refractivity contribution >= 4 is 25.9 Å². The molecule has 0 N–H and O–H groups in total. The van der Waals surface area contributed by atoms with Crippen molar-refractivity contribution in [1.29, 1.82) is 0 Å². The van der Waals surface area contributed by atoms with Gasteiger partial charge in [-0.1, -0.05) is 54.7 Å². The Labute approximate surface area is 87.8 Å². The lowest BCUT2D eigenvalue weighted by Gasteiger charge is -2.22. The molecule has 0 aliphatic carbocycles. The first-order chi connectivity index (χ1) is 6.17. The summed E-state index contributed by atoms with van der Waals surface area (Å²) in [5, 5.41) is 1.57. The van der Waals surface area contributed by atoms with Gasteiger partial charge >= 0.3 is 0 Å². The Kier molecular flexibility index (Phi) is 4.07. The Morgan fingerprint density at radius 3 is 2.31 bits per heavy atom. The molecule has 0 aromatic heterocycles. The Morgan fingerprint density at radius 2 is 1.77 bits per heavy atom. The van der Waals surface area contributed by atoms with Crippen LogP contribution in [-0.4, -0.2) is 13.8 Å². The molecule has 72 valence electrons. The molecule has 0 amide bonds. The third-order valence-electron chi connectivity index (χ3n) is 2.52. The van der Waals surface area contributed by atoms with E-state index < -0.39 is 8.07 Å². The van der Waals surface area contributed by atoms with Gasteiger partial charge in [0, 0.05) is 0 Å². The Balaban J connectivity index is 2.69. The predicted molar refractivity (Wildman–Crippen MR) is 66.8 cm³/mol. The first kappa shape index (κ1) is 10.9. The van der Waals surface area contributed by atoms with Gasteiger partial charge in [0.2, 0.25) is 0 Å². The second-order valence-corrected chi connectivity index (χ2v) is 9.37. The van der Waals surface area contributed by atoms with Crippen molar-refractivity contribution in [2.24, 2.45) is 0 Å². The molecule has 0 aliphatic rings. The van der Waals surface area contributed by atoms with E-state index in [1.54, 1.807) is 5.19 Å². The van der Waals surface area contributed by atoms with E-state index in [-0.39, 0.29) is 0 Å². The number of thiol groups is 1. The molecule has 0 spiro atoms. The van der Waals surface area contributed by atoms with E-state index in [0.29, 0.717) is 0 Å². The van der Waals surface area contributed by atoms with Crippen LogP contribution >= 0.6 is 12.6 Å². The third-order valence-corrected chi connectivity index (χ3v) is 6.33. The van der Waals surface area contributed by atoms with Gasteiger partial charge in [-0.25, -0.2) is 0 Å². The summed E-state index contributed by atoms with van der Waals surface area (Å²) in [7, 11) is -1.15. The molecule has 0 radical (unpaired) electrons. The number of rotatable bonds is 4. The van der Waals surface area contributed by atoms with Gasteiger partial charge in [0.15, 0.2) is 0 Å². The van der Waals surface area contributed by atoms with Crippen LogP contribution in [0.3, 0.4) is 0 Å². The molecular weight excluding hydrogens is 192 g/mol. The average Bonchev–Trinajstić information content (AvgIpc) is 2.16. The summed E-state index contributed by atoms with van der Waals surface area (Å²) in [4.78, 5) is 0. The maximum atomic E-state index is 4.27. The summed E-state index contributed by atoms with van der Waals surface area (Å²) >= 11 is 4.27. The van der Waals surface area contributed by atoms with Gasteiger partial charge in [-0.05, 0) is 12.2 Å². The molecule has 0 aliphatic heterocycles. The van der Waals surface area contributed by atoms with Crippen LogP contribution < -0.4 is 5.19 Å². The summed E-state index contributed by atoms with van der Waals surface area (Å²) in [5.74, 6) is 1.02. The highest BCUT2D eigenvalue weighted by Crippen LogP contribution is 2.12.